The predicted octanol–water partition coefficient (Wildman–Crippen LogP) is 0.599. The number of nitrogens with zero attached hydrogens (tertiary/aromatic N) is 2. The maximum atomic E-state index is 11.3. The van der Waals surface area contributed by atoms with Crippen LogP contribution >= 0.6 is 0 Å². The van der Waals surface area contributed by atoms with Gasteiger partial charge in [-0.2, -0.15) is 0 Å². The summed E-state index contributed by atoms with van der Waals surface area (Å²) in [5, 5.41) is 2.82. The molecule has 4 nitrogen and oxygen atoms in total. The van der Waals surface area contributed by atoms with Crippen LogP contribution in [0.1, 0.15) is 13.3 Å². The lowest BCUT2D eigenvalue weighted by Gasteiger charge is -2.19. The lowest BCUT2D eigenvalue weighted by molar-refractivity contribution is 0.204. The maximum Gasteiger partial charge on any atom is 0.317 e. The molecule has 0 aromatic rings. The number of hydrogen-bond donors (Lipinski definition) is 1. The molecule has 0 aromatic carbocycles. The summed E-state index contributed by atoms with van der Waals surface area (Å²) in [6, 6.07) is 0.0173. The van der Waals surface area contributed by atoms with Crippen molar-refractivity contribution in [2.75, 3.05) is 40.8 Å². The van der Waals surface area contributed by atoms with Gasteiger partial charge in [-0.15, -0.1) is 0 Å². The van der Waals surface area contributed by atoms with E-state index in [0.29, 0.717) is 0 Å². The van der Waals surface area contributed by atoms with Crippen molar-refractivity contribution in [2.24, 2.45) is 0 Å². The van der Waals surface area contributed by atoms with E-state index in [-0.39, 0.29) is 6.03 Å². The van der Waals surface area contributed by atoms with E-state index in [1.807, 2.05) is 28.1 Å². The largest absolute Gasteiger partial charge is 0.338 e. The van der Waals surface area contributed by atoms with Gasteiger partial charge in [-0.25, -0.2) is 4.79 Å². The van der Waals surface area contributed by atoms with Crippen molar-refractivity contribution < 1.29 is 4.79 Å². The number of carbonyl (C=O) groups is 1. The van der Waals surface area contributed by atoms with Crippen LogP contribution in [0.5, 0.6) is 0 Å². The average Bonchev–Trinajstić information content (AvgIpc) is 2.10. The van der Waals surface area contributed by atoms with Crippen LogP contribution in [0.15, 0.2) is 0 Å². The van der Waals surface area contributed by atoms with Gasteiger partial charge in [-0.1, -0.05) is 6.92 Å². The van der Waals surface area contributed by atoms with E-state index < -0.39 is 0 Å². The van der Waals surface area contributed by atoms with Gasteiger partial charge in [0, 0.05) is 26.7 Å². The summed E-state index contributed by atoms with van der Waals surface area (Å²) < 4.78 is 0. The average molecular weight is 187 g/mol. The molecule has 0 unspecified atom stereocenters. The van der Waals surface area contributed by atoms with Crippen LogP contribution in [0.25, 0.3) is 0 Å². The van der Waals surface area contributed by atoms with Gasteiger partial charge in [0.05, 0.1) is 0 Å². The fourth-order valence-electron chi connectivity index (χ4n) is 0.818. The van der Waals surface area contributed by atoms with E-state index in [2.05, 4.69) is 10.2 Å². The second kappa shape index (κ2) is 6.71. The van der Waals surface area contributed by atoms with Crippen LogP contribution < -0.4 is 5.32 Å². The smallest absolute Gasteiger partial charge is 0.317 e. The van der Waals surface area contributed by atoms with Gasteiger partial charge >= 0.3 is 6.03 Å². The van der Waals surface area contributed by atoms with Gasteiger partial charge in [0.2, 0.25) is 0 Å². The van der Waals surface area contributed by atoms with Gasteiger partial charge in [0.1, 0.15) is 0 Å². The van der Waals surface area contributed by atoms with Crippen molar-refractivity contribution in [1.29, 1.82) is 0 Å². The molecule has 0 spiro atoms. The van der Waals surface area contributed by atoms with Crippen LogP contribution in [0.3, 0.4) is 0 Å². The molecule has 0 atom stereocenters. The Morgan fingerprint density at radius 1 is 1.23 bits per heavy atom. The second-order valence-corrected chi connectivity index (χ2v) is 3.46. The minimum Gasteiger partial charge on any atom is -0.338 e. The van der Waals surface area contributed by atoms with Crippen molar-refractivity contribution in [2.45, 2.75) is 13.3 Å². The molecule has 0 radical (unpaired) electrons. The highest BCUT2D eigenvalue weighted by Crippen LogP contribution is 1.85. The standard InChI is InChI=1S/C9H21N3O/c1-5-6-10-9(13)12(4)8-7-11(2)3/h5-8H2,1-4H3,(H,10,13). The Hall–Kier alpha value is -0.770. The number of hydrogen-bond acceptors (Lipinski definition) is 2. The number of rotatable bonds is 5. The summed E-state index contributed by atoms with van der Waals surface area (Å²) in [5.74, 6) is 0. The molecule has 1 N–H and O–H groups in total. The first-order valence-corrected chi connectivity index (χ1v) is 4.71. The number of likely N-dealkylation sites (N-methyl/N-ethyl adjacent to an activating group) is 2. The Bertz CT molecular complexity index is 148. The Labute approximate surface area is 80.9 Å². The molecule has 78 valence electrons. The van der Waals surface area contributed by atoms with Crippen LogP contribution in [0, 0.1) is 0 Å². The van der Waals surface area contributed by atoms with E-state index in [1.54, 1.807) is 4.90 Å². The lowest BCUT2D eigenvalue weighted by Crippen LogP contribution is -2.40. The molecule has 0 aliphatic heterocycles. The zero-order valence-electron chi connectivity index (χ0n) is 9.13. The van der Waals surface area contributed by atoms with E-state index >= 15 is 0 Å². The third kappa shape index (κ3) is 6.40. The van der Waals surface area contributed by atoms with Crippen molar-refractivity contribution in [1.82, 2.24) is 15.1 Å². The minimum absolute atomic E-state index is 0.0173. The Morgan fingerprint density at radius 2 is 1.85 bits per heavy atom. The second-order valence-electron chi connectivity index (χ2n) is 3.46. The van der Waals surface area contributed by atoms with Crippen molar-refractivity contribution >= 4 is 6.03 Å². The van der Waals surface area contributed by atoms with Gasteiger partial charge in [-0.3, -0.25) is 0 Å². The first-order valence-electron chi connectivity index (χ1n) is 4.71. The molecule has 0 saturated heterocycles. The minimum atomic E-state index is 0.0173. The molecule has 0 aromatic heterocycles. The highest BCUT2D eigenvalue weighted by Gasteiger charge is 2.06. The topological polar surface area (TPSA) is 35.6 Å². The highest BCUT2D eigenvalue weighted by molar-refractivity contribution is 5.73. The fourth-order valence-corrected chi connectivity index (χ4v) is 0.818. The SMILES string of the molecule is CCCNC(=O)N(C)CCN(C)C. The molecular weight excluding hydrogens is 166 g/mol. The van der Waals surface area contributed by atoms with E-state index in [1.165, 1.54) is 0 Å². The Kier molecular flexibility index (Phi) is 6.32. The molecule has 13 heavy (non-hydrogen) atoms. The van der Waals surface area contributed by atoms with Gasteiger partial charge in [0.25, 0.3) is 0 Å². The number of carbonyl (C=O) groups excluding carboxylic acids is 1. The van der Waals surface area contributed by atoms with Gasteiger partial charge < -0.3 is 15.1 Å². The first kappa shape index (κ1) is 12.2. The van der Waals surface area contributed by atoms with Crippen molar-refractivity contribution in [3.8, 4) is 0 Å². The molecular formula is C9H21N3O. The predicted molar refractivity (Wildman–Crippen MR) is 54.9 cm³/mol. The zero-order valence-corrected chi connectivity index (χ0v) is 9.13. The van der Waals surface area contributed by atoms with Crippen LogP contribution in [-0.2, 0) is 0 Å². The molecule has 0 aliphatic carbocycles. The Balaban J connectivity index is 3.57. The number of amides is 2. The third-order valence-corrected chi connectivity index (χ3v) is 1.76. The summed E-state index contributed by atoms with van der Waals surface area (Å²) in [6.45, 7) is 4.46. The normalized spacial score (nSPS) is 10.2. The summed E-state index contributed by atoms with van der Waals surface area (Å²) >= 11 is 0. The zero-order chi connectivity index (χ0) is 10.3. The lowest BCUT2D eigenvalue weighted by atomic mass is 10.5. The fraction of sp³-hybridized carbons (Fsp3) is 0.889. The van der Waals surface area contributed by atoms with Crippen molar-refractivity contribution in [3.05, 3.63) is 0 Å². The highest BCUT2D eigenvalue weighted by atomic mass is 16.2. The van der Waals surface area contributed by atoms with Crippen molar-refractivity contribution in [3.63, 3.8) is 0 Å². The number of nitrogens with one attached hydrogen (secondary N) is 1. The molecule has 4 heteroatoms. The molecule has 2 amide bonds. The Morgan fingerprint density at radius 3 is 2.31 bits per heavy atom. The monoisotopic (exact) mass is 187 g/mol. The third-order valence-electron chi connectivity index (χ3n) is 1.76. The summed E-state index contributed by atoms with van der Waals surface area (Å²) in [4.78, 5) is 15.1. The summed E-state index contributed by atoms with van der Waals surface area (Å²) in [5.41, 5.74) is 0. The summed E-state index contributed by atoms with van der Waals surface area (Å²) in [6.07, 6.45) is 0.979. The maximum absolute atomic E-state index is 11.3. The van der Waals surface area contributed by atoms with Crippen LogP contribution in [-0.4, -0.2) is 56.6 Å². The van der Waals surface area contributed by atoms with Crippen LogP contribution in [0.4, 0.5) is 4.79 Å². The van der Waals surface area contributed by atoms with E-state index in [0.717, 1.165) is 26.1 Å². The molecule has 0 aliphatic rings. The summed E-state index contributed by atoms with van der Waals surface area (Å²) in [7, 11) is 5.81. The van der Waals surface area contributed by atoms with E-state index in [4.69, 9.17) is 0 Å². The molecule has 0 bridgehead atoms. The van der Waals surface area contributed by atoms with Gasteiger partial charge in [0.15, 0.2) is 0 Å². The first-order chi connectivity index (χ1) is 6.07. The number of urea groups is 1. The van der Waals surface area contributed by atoms with Crippen LogP contribution in [0.2, 0.25) is 0 Å². The molecule has 0 heterocycles. The van der Waals surface area contributed by atoms with Gasteiger partial charge in [-0.05, 0) is 20.5 Å². The molecule has 0 fully saturated rings. The molecule has 0 rings (SSSR count). The molecule has 0 saturated carbocycles. The van der Waals surface area contributed by atoms with E-state index in [9.17, 15) is 4.79 Å². The quantitative estimate of drug-likeness (QED) is 0.684.